The largest absolute Gasteiger partial charge is 0.496 e. The van der Waals surface area contributed by atoms with E-state index >= 15 is 0 Å². The molecule has 20 heavy (non-hydrogen) atoms. The Bertz CT molecular complexity index is 530. The Morgan fingerprint density at radius 1 is 1.45 bits per heavy atom. The van der Waals surface area contributed by atoms with Crippen molar-refractivity contribution < 1.29 is 14.3 Å². The molecule has 1 saturated heterocycles. The second kappa shape index (κ2) is 6.39. The molecule has 1 aliphatic heterocycles. The van der Waals surface area contributed by atoms with Crippen molar-refractivity contribution in [2.45, 2.75) is 32.2 Å². The van der Waals surface area contributed by atoms with Gasteiger partial charge in [-0.05, 0) is 38.0 Å². The molecule has 1 amide bonds. The molecule has 0 saturated carbocycles. The minimum absolute atomic E-state index is 0.0216. The molecule has 1 atom stereocenters. The summed E-state index contributed by atoms with van der Waals surface area (Å²) >= 11 is 3.36. The van der Waals surface area contributed by atoms with E-state index in [0.717, 1.165) is 17.3 Å². The monoisotopic (exact) mass is 339 g/mol. The molecule has 108 valence electrons. The first-order valence-corrected chi connectivity index (χ1v) is 7.46. The molecule has 0 aromatic heterocycles. The Morgan fingerprint density at radius 2 is 2.20 bits per heavy atom. The Balaban J connectivity index is 2.24. The molecule has 1 aromatic carbocycles. The third-order valence-electron chi connectivity index (χ3n) is 3.56. The van der Waals surface area contributed by atoms with Crippen LogP contribution in [-0.4, -0.2) is 36.3 Å². The van der Waals surface area contributed by atoms with Crippen LogP contribution < -0.4 is 4.74 Å². The molecule has 0 spiro atoms. The normalized spacial score (nSPS) is 18.1. The van der Waals surface area contributed by atoms with Crippen molar-refractivity contribution in [1.82, 2.24) is 4.90 Å². The summed E-state index contributed by atoms with van der Waals surface area (Å²) in [4.78, 5) is 25.8. The molecule has 4 nitrogen and oxygen atoms in total. The summed E-state index contributed by atoms with van der Waals surface area (Å²) in [5.41, 5.74) is 0.547. The van der Waals surface area contributed by atoms with E-state index in [4.69, 9.17) is 4.74 Å². The van der Waals surface area contributed by atoms with Crippen molar-refractivity contribution in [2.24, 2.45) is 0 Å². The van der Waals surface area contributed by atoms with E-state index in [1.165, 1.54) is 0 Å². The van der Waals surface area contributed by atoms with Crippen molar-refractivity contribution in [3.63, 3.8) is 0 Å². The molecule has 0 radical (unpaired) electrons. The lowest BCUT2D eigenvalue weighted by atomic mass is 10.1. The van der Waals surface area contributed by atoms with Gasteiger partial charge in [-0.1, -0.05) is 15.9 Å². The smallest absolute Gasteiger partial charge is 0.257 e. The summed E-state index contributed by atoms with van der Waals surface area (Å²) in [6.45, 7) is 2.27. The Morgan fingerprint density at radius 3 is 2.85 bits per heavy atom. The van der Waals surface area contributed by atoms with Crippen molar-refractivity contribution in [3.8, 4) is 5.75 Å². The van der Waals surface area contributed by atoms with E-state index in [1.807, 2.05) is 6.07 Å². The molecular formula is C15H18BrNO3. The summed E-state index contributed by atoms with van der Waals surface area (Å²) in [6, 6.07) is 5.39. The van der Waals surface area contributed by atoms with Crippen LogP contribution in [0.4, 0.5) is 0 Å². The molecule has 0 N–H and O–H groups in total. The van der Waals surface area contributed by atoms with Gasteiger partial charge in [-0.2, -0.15) is 0 Å². The van der Waals surface area contributed by atoms with Crippen molar-refractivity contribution >= 4 is 27.6 Å². The molecule has 2 rings (SSSR count). The van der Waals surface area contributed by atoms with Gasteiger partial charge in [0.15, 0.2) is 0 Å². The van der Waals surface area contributed by atoms with Gasteiger partial charge in [-0.25, -0.2) is 0 Å². The number of nitrogens with zero attached hydrogens (tertiary/aromatic N) is 1. The predicted octanol–water partition coefficient (Wildman–Crippen LogP) is 3.04. The van der Waals surface area contributed by atoms with Crippen molar-refractivity contribution in [2.75, 3.05) is 13.7 Å². The van der Waals surface area contributed by atoms with Crippen LogP contribution in [0.3, 0.4) is 0 Å². The van der Waals surface area contributed by atoms with Gasteiger partial charge < -0.3 is 9.64 Å². The Hall–Kier alpha value is -1.36. The van der Waals surface area contributed by atoms with Crippen LogP contribution in [0.25, 0.3) is 0 Å². The maximum Gasteiger partial charge on any atom is 0.257 e. The molecule has 1 unspecified atom stereocenters. The first kappa shape index (κ1) is 15.0. The van der Waals surface area contributed by atoms with Crippen LogP contribution in [0.1, 0.15) is 36.5 Å². The molecule has 1 heterocycles. The number of hydrogen-bond acceptors (Lipinski definition) is 3. The average Bonchev–Trinajstić information content (AvgIpc) is 2.85. The van der Waals surface area contributed by atoms with Crippen molar-refractivity contribution in [1.29, 1.82) is 0 Å². The predicted molar refractivity (Wildman–Crippen MR) is 80.1 cm³/mol. The van der Waals surface area contributed by atoms with Crippen LogP contribution in [0.5, 0.6) is 5.75 Å². The van der Waals surface area contributed by atoms with E-state index < -0.39 is 0 Å². The fraction of sp³-hybridized carbons (Fsp3) is 0.467. The molecule has 0 aliphatic carbocycles. The topological polar surface area (TPSA) is 46.6 Å². The highest BCUT2D eigenvalue weighted by Gasteiger charge is 2.31. The number of hydrogen-bond donors (Lipinski definition) is 0. The highest BCUT2D eigenvalue weighted by atomic mass is 79.9. The van der Waals surface area contributed by atoms with Crippen LogP contribution in [-0.2, 0) is 4.79 Å². The molecular weight excluding hydrogens is 322 g/mol. The number of amides is 1. The van der Waals surface area contributed by atoms with Gasteiger partial charge in [-0.3, -0.25) is 9.59 Å². The van der Waals surface area contributed by atoms with Gasteiger partial charge in [0.2, 0.25) is 0 Å². The lowest BCUT2D eigenvalue weighted by molar-refractivity contribution is -0.117. The van der Waals surface area contributed by atoms with Gasteiger partial charge >= 0.3 is 0 Å². The van der Waals surface area contributed by atoms with Gasteiger partial charge in [-0.15, -0.1) is 0 Å². The van der Waals surface area contributed by atoms with E-state index in [1.54, 1.807) is 31.1 Å². The fourth-order valence-electron chi connectivity index (χ4n) is 2.64. The number of carbonyl (C=O) groups excluding carboxylic acids is 2. The quantitative estimate of drug-likeness (QED) is 0.846. The van der Waals surface area contributed by atoms with Gasteiger partial charge in [0.1, 0.15) is 11.5 Å². The van der Waals surface area contributed by atoms with E-state index in [0.29, 0.717) is 24.3 Å². The summed E-state index contributed by atoms with van der Waals surface area (Å²) in [5.74, 6) is 0.619. The first-order chi connectivity index (χ1) is 9.52. The molecule has 1 aliphatic rings. The third-order valence-corrected chi connectivity index (χ3v) is 4.05. The highest BCUT2D eigenvalue weighted by Crippen LogP contribution is 2.28. The lowest BCUT2D eigenvalue weighted by Gasteiger charge is -2.24. The summed E-state index contributed by atoms with van der Waals surface area (Å²) in [7, 11) is 1.55. The number of methoxy groups -OCH3 is 1. The summed E-state index contributed by atoms with van der Waals surface area (Å²) in [5, 5.41) is 0. The molecule has 0 bridgehead atoms. The highest BCUT2D eigenvalue weighted by molar-refractivity contribution is 9.10. The second-order valence-corrected chi connectivity index (χ2v) is 5.96. The summed E-state index contributed by atoms with van der Waals surface area (Å²) in [6.07, 6.45) is 2.28. The Kier molecular flexibility index (Phi) is 4.81. The third kappa shape index (κ3) is 3.20. The lowest BCUT2D eigenvalue weighted by Crippen LogP contribution is -2.36. The zero-order chi connectivity index (χ0) is 14.7. The number of halogens is 1. The van der Waals surface area contributed by atoms with E-state index in [9.17, 15) is 9.59 Å². The number of rotatable bonds is 4. The maximum atomic E-state index is 12.6. The minimum atomic E-state index is -0.0573. The average molecular weight is 340 g/mol. The number of likely N-dealkylation sites (tertiary alicyclic amines) is 1. The Labute approximate surface area is 127 Å². The number of benzene rings is 1. The van der Waals surface area contributed by atoms with E-state index in [-0.39, 0.29) is 17.7 Å². The van der Waals surface area contributed by atoms with E-state index in [2.05, 4.69) is 15.9 Å². The number of carbonyl (C=O) groups is 2. The molecule has 5 heteroatoms. The standard InChI is InChI=1S/C15H18BrNO3/c1-10(18)8-12-4-3-7-17(12)15(19)13-6-5-11(16)9-14(13)20-2/h5-6,9,12H,3-4,7-8H2,1-2H3. The minimum Gasteiger partial charge on any atom is -0.496 e. The molecule has 1 fully saturated rings. The summed E-state index contributed by atoms with van der Waals surface area (Å²) < 4.78 is 6.15. The maximum absolute atomic E-state index is 12.6. The van der Waals surface area contributed by atoms with Gasteiger partial charge in [0.05, 0.1) is 12.7 Å². The second-order valence-electron chi connectivity index (χ2n) is 5.05. The van der Waals surface area contributed by atoms with Crippen LogP contribution in [0, 0.1) is 0 Å². The van der Waals surface area contributed by atoms with Gasteiger partial charge in [0, 0.05) is 23.5 Å². The zero-order valence-corrected chi connectivity index (χ0v) is 13.3. The number of ether oxygens (including phenoxy) is 1. The van der Waals surface area contributed by atoms with Crippen LogP contribution >= 0.6 is 15.9 Å². The van der Waals surface area contributed by atoms with Crippen LogP contribution in [0.15, 0.2) is 22.7 Å². The fourth-order valence-corrected chi connectivity index (χ4v) is 2.98. The number of ketones is 1. The molecule has 1 aromatic rings. The van der Waals surface area contributed by atoms with Gasteiger partial charge in [0.25, 0.3) is 5.91 Å². The van der Waals surface area contributed by atoms with Crippen LogP contribution in [0.2, 0.25) is 0 Å². The number of Topliss-reactive ketones (excluding diaryl/α,β-unsaturated/α-hetero) is 1. The van der Waals surface area contributed by atoms with Crippen molar-refractivity contribution in [3.05, 3.63) is 28.2 Å². The first-order valence-electron chi connectivity index (χ1n) is 6.67. The zero-order valence-electron chi connectivity index (χ0n) is 11.7. The SMILES string of the molecule is COc1cc(Br)ccc1C(=O)N1CCCC1CC(C)=O.